The molecule has 1 aliphatic rings. The summed E-state index contributed by atoms with van der Waals surface area (Å²) in [7, 11) is 0. The molecule has 1 fully saturated rings. The lowest BCUT2D eigenvalue weighted by Gasteiger charge is -2.42. The Bertz CT molecular complexity index is 192. The van der Waals surface area contributed by atoms with Gasteiger partial charge in [0.05, 0.1) is 12.2 Å². The molecule has 4 atom stereocenters. The van der Waals surface area contributed by atoms with Crippen molar-refractivity contribution in [1.82, 2.24) is 0 Å². The van der Waals surface area contributed by atoms with Crippen LogP contribution in [0.25, 0.3) is 0 Å². The first-order chi connectivity index (χ1) is 6.86. The maximum atomic E-state index is 9.66. The van der Waals surface area contributed by atoms with Crippen LogP contribution in [0.1, 0.15) is 20.3 Å². The third-order valence-electron chi connectivity index (χ3n) is 3.02. The molecule has 1 rings (SSSR count). The van der Waals surface area contributed by atoms with Gasteiger partial charge in [-0.2, -0.15) is 0 Å². The second-order valence-corrected chi connectivity index (χ2v) is 4.75. The van der Waals surface area contributed by atoms with Gasteiger partial charge in [-0.1, -0.05) is 13.8 Å². The molecule has 5 N–H and O–H groups in total. The third-order valence-corrected chi connectivity index (χ3v) is 3.02. The minimum absolute atomic E-state index is 0.231. The number of rotatable bonds is 2. The molecule has 0 saturated heterocycles. The Hall–Kier alpha value is -0.200. The Morgan fingerprint density at radius 1 is 0.733 bits per heavy atom. The molecule has 1 aliphatic carbocycles. The van der Waals surface area contributed by atoms with Crippen molar-refractivity contribution in [3.05, 3.63) is 0 Å². The van der Waals surface area contributed by atoms with Crippen LogP contribution < -0.4 is 0 Å². The Labute approximate surface area is 89.0 Å². The molecular weight excluding hydrogens is 200 g/mol. The van der Waals surface area contributed by atoms with Gasteiger partial charge in [0.2, 0.25) is 0 Å². The standard InChI is InChI=1S/C10H20O5/c1-4(2)3-5-6(11)8(13)10(15)9(14)7(5)12/h4-15H,3H2,1-2H3. The lowest BCUT2D eigenvalue weighted by Crippen LogP contribution is -2.61. The summed E-state index contributed by atoms with van der Waals surface area (Å²) in [5.41, 5.74) is 0. The van der Waals surface area contributed by atoms with Gasteiger partial charge in [0.25, 0.3) is 0 Å². The molecule has 5 nitrogen and oxygen atoms in total. The van der Waals surface area contributed by atoms with Crippen molar-refractivity contribution in [3.63, 3.8) is 0 Å². The highest BCUT2D eigenvalue weighted by molar-refractivity contribution is 4.98. The van der Waals surface area contributed by atoms with E-state index in [4.69, 9.17) is 0 Å². The zero-order valence-electron chi connectivity index (χ0n) is 8.98. The zero-order chi connectivity index (χ0) is 11.7. The van der Waals surface area contributed by atoms with Gasteiger partial charge in [0, 0.05) is 5.92 Å². The minimum Gasteiger partial charge on any atom is -0.390 e. The van der Waals surface area contributed by atoms with Gasteiger partial charge in [-0.3, -0.25) is 0 Å². The van der Waals surface area contributed by atoms with Crippen molar-refractivity contribution in [2.24, 2.45) is 11.8 Å². The van der Waals surface area contributed by atoms with Crippen LogP contribution in [0.3, 0.4) is 0 Å². The summed E-state index contributed by atoms with van der Waals surface area (Å²) >= 11 is 0. The maximum absolute atomic E-state index is 9.66. The van der Waals surface area contributed by atoms with Gasteiger partial charge < -0.3 is 25.5 Å². The lowest BCUT2D eigenvalue weighted by atomic mass is 9.75. The van der Waals surface area contributed by atoms with Crippen molar-refractivity contribution >= 4 is 0 Å². The SMILES string of the molecule is CC(C)CC1C(O)C(O)C(O)C(O)C1O. The molecule has 1 saturated carbocycles. The largest absolute Gasteiger partial charge is 0.390 e. The molecule has 5 heteroatoms. The zero-order valence-corrected chi connectivity index (χ0v) is 8.98. The van der Waals surface area contributed by atoms with E-state index in [-0.39, 0.29) is 5.92 Å². The third kappa shape index (κ3) is 2.49. The predicted molar refractivity (Wildman–Crippen MR) is 53.0 cm³/mol. The summed E-state index contributed by atoms with van der Waals surface area (Å²) < 4.78 is 0. The van der Waals surface area contributed by atoms with Crippen molar-refractivity contribution in [2.75, 3.05) is 0 Å². The van der Waals surface area contributed by atoms with E-state index in [9.17, 15) is 25.5 Å². The van der Waals surface area contributed by atoms with Crippen LogP contribution in [0.5, 0.6) is 0 Å². The van der Waals surface area contributed by atoms with Gasteiger partial charge in [0.1, 0.15) is 18.3 Å². The van der Waals surface area contributed by atoms with E-state index >= 15 is 0 Å². The lowest BCUT2D eigenvalue weighted by molar-refractivity contribution is -0.206. The van der Waals surface area contributed by atoms with Crippen LogP contribution in [-0.2, 0) is 0 Å². The normalized spacial score (nSPS) is 47.2. The summed E-state index contributed by atoms with van der Waals surface area (Å²) in [6.45, 7) is 3.84. The van der Waals surface area contributed by atoms with E-state index < -0.39 is 36.4 Å². The number of hydrogen-bond donors (Lipinski definition) is 5. The van der Waals surface area contributed by atoms with Crippen LogP contribution in [-0.4, -0.2) is 56.1 Å². The Morgan fingerprint density at radius 3 is 1.40 bits per heavy atom. The maximum Gasteiger partial charge on any atom is 0.111 e. The van der Waals surface area contributed by atoms with Crippen molar-refractivity contribution in [2.45, 2.75) is 50.8 Å². The Morgan fingerprint density at radius 2 is 1.07 bits per heavy atom. The fraction of sp³-hybridized carbons (Fsp3) is 1.00. The first-order valence-electron chi connectivity index (χ1n) is 5.26. The van der Waals surface area contributed by atoms with Crippen LogP contribution in [0, 0.1) is 11.8 Å². The van der Waals surface area contributed by atoms with E-state index in [0.29, 0.717) is 6.42 Å². The topological polar surface area (TPSA) is 101 Å². The average molecular weight is 220 g/mol. The Balaban J connectivity index is 2.77. The van der Waals surface area contributed by atoms with Crippen molar-refractivity contribution < 1.29 is 25.5 Å². The van der Waals surface area contributed by atoms with E-state index in [0.717, 1.165) is 0 Å². The van der Waals surface area contributed by atoms with Gasteiger partial charge in [0.15, 0.2) is 0 Å². The van der Waals surface area contributed by atoms with Gasteiger partial charge in [-0.15, -0.1) is 0 Å². The molecule has 0 spiro atoms. The molecule has 15 heavy (non-hydrogen) atoms. The number of aliphatic hydroxyl groups excluding tert-OH is 5. The van der Waals surface area contributed by atoms with Crippen molar-refractivity contribution in [1.29, 1.82) is 0 Å². The molecule has 0 bridgehead atoms. The highest BCUT2D eigenvalue weighted by atomic mass is 16.4. The molecule has 0 aliphatic heterocycles. The average Bonchev–Trinajstić information content (AvgIpc) is 2.18. The Kier molecular flexibility index (Phi) is 4.08. The molecule has 0 amide bonds. The summed E-state index contributed by atoms with van der Waals surface area (Å²) in [6, 6.07) is 0. The van der Waals surface area contributed by atoms with Crippen LogP contribution >= 0.6 is 0 Å². The monoisotopic (exact) mass is 220 g/mol. The molecule has 0 radical (unpaired) electrons. The van der Waals surface area contributed by atoms with Crippen LogP contribution in [0.15, 0.2) is 0 Å². The van der Waals surface area contributed by atoms with Crippen molar-refractivity contribution in [3.8, 4) is 0 Å². The summed E-state index contributed by atoms with van der Waals surface area (Å²) in [5.74, 6) is -0.368. The van der Waals surface area contributed by atoms with E-state index in [2.05, 4.69) is 0 Å². The van der Waals surface area contributed by atoms with E-state index in [1.165, 1.54) is 0 Å². The fourth-order valence-electron chi connectivity index (χ4n) is 2.14. The summed E-state index contributed by atoms with van der Waals surface area (Å²) in [6.07, 6.45) is -6.18. The number of hydrogen-bond acceptors (Lipinski definition) is 5. The second kappa shape index (κ2) is 4.76. The molecular formula is C10H20O5. The highest BCUT2D eigenvalue weighted by Crippen LogP contribution is 2.30. The van der Waals surface area contributed by atoms with Crippen LogP contribution in [0.2, 0.25) is 0 Å². The summed E-state index contributed by atoms with van der Waals surface area (Å²) in [4.78, 5) is 0. The molecule has 0 heterocycles. The van der Waals surface area contributed by atoms with Crippen LogP contribution in [0.4, 0.5) is 0 Å². The van der Waals surface area contributed by atoms with Gasteiger partial charge in [-0.05, 0) is 12.3 Å². The molecule has 0 aromatic carbocycles. The van der Waals surface area contributed by atoms with Gasteiger partial charge in [-0.25, -0.2) is 0 Å². The summed E-state index contributed by atoms with van der Waals surface area (Å²) in [5, 5.41) is 47.5. The number of aliphatic hydroxyl groups is 5. The minimum atomic E-state index is -1.49. The highest BCUT2D eigenvalue weighted by Gasteiger charge is 2.47. The predicted octanol–water partition coefficient (Wildman–Crippen LogP) is -1.53. The molecule has 0 aromatic rings. The molecule has 4 unspecified atom stereocenters. The quantitative estimate of drug-likeness (QED) is 0.388. The molecule has 90 valence electrons. The van der Waals surface area contributed by atoms with E-state index in [1.54, 1.807) is 0 Å². The van der Waals surface area contributed by atoms with Gasteiger partial charge >= 0.3 is 0 Å². The second-order valence-electron chi connectivity index (χ2n) is 4.75. The molecule has 0 aromatic heterocycles. The first-order valence-corrected chi connectivity index (χ1v) is 5.26. The first kappa shape index (κ1) is 12.9. The van der Waals surface area contributed by atoms with E-state index in [1.807, 2.05) is 13.8 Å². The fourth-order valence-corrected chi connectivity index (χ4v) is 2.14. The smallest absolute Gasteiger partial charge is 0.111 e.